The van der Waals surface area contributed by atoms with Gasteiger partial charge in [-0.15, -0.1) is 0 Å². The fourth-order valence-electron chi connectivity index (χ4n) is 3.08. The maximum absolute atomic E-state index is 13.0. The van der Waals surface area contributed by atoms with Crippen molar-refractivity contribution in [3.8, 4) is 0 Å². The van der Waals surface area contributed by atoms with Gasteiger partial charge in [-0.1, -0.05) is 18.2 Å². The molecule has 0 saturated heterocycles. The number of carbonyl (C=O) groups excluding carboxylic acids is 2. The minimum absolute atomic E-state index is 0.157. The lowest BCUT2D eigenvalue weighted by atomic mass is 10.1. The van der Waals surface area contributed by atoms with Crippen molar-refractivity contribution in [2.75, 3.05) is 12.4 Å². The predicted molar refractivity (Wildman–Crippen MR) is 106 cm³/mol. The van der Waals surface area contributed by atoms with E-state index < -0.39 is 41.2 Å². The molecule has 0 spiro atoms. The van der Waals surface area contributed by atoms with Crippen molar-refractivity contribution in [2.24, 2.45) is 0 Å². The van der Waals surface area contributed by atoms with E-state index in [1.54, 1.807) is 24.3 Å². The van der Waals surface area contributed by atoms with Gasteiger partial charge in [0.25, 0.3) is 6.43 Å². The lowest BCUT2D eigenvalue weighted by Gasteiger charge is -2.07. The van der Waals surface area contributed by atoms with Crippen LogP contribution in [0.2, 0.25) is 0 Å². The molecule has 1 N–H and O–H groups in total. The number of amides is 1. The third kappa shape index (κ3) is 4.77. The van der Waals surface area contributed by atoms with Crippen molar-refractivity contribution in [3.05, 3.63) is 69.3 Å². The molecule has 0 unspecified atom stereocenters. The number of nitrogens with one attached hydrogen (secondary N) is 1. The molecule has 32 heavy (non-hydrogen) atoms. The predicted octanol–water partition coefficient (Wildman–Crippen LogP) is 2.71. The highest BCUT2D eigenvalue weighted by Crippen LogP contribution is 2.30. The van der Waals surface area contributed by atoms with Crippen LogP contribution in [0.3, 0.4) is 0 Å². The number of ether oxygens (including phenoxy) is 1. The van der Waals surface area contributed by atoms with Crippen molar-refractivity contribution in [1.29, 1.82) is 0 Å². The fraction of sp³-hybridized carbons (Fsp3) is 0.263. The molecule has 3 aromatic rings. The van der Waals surface area contributed by atoms with Gasteiger partial charge >= 0.3 is 11.7 Å². The van der Waals surface area contributed by atoms with Crippen LogP contribution >= 0.6 is 0 Å². The van der Waals surface area contributed by atoms with Crippen molar-refractivity contribution >= 4 is 23.3 Å². The van der Waals surface area contributed by atoms with Crippen LogP contribution in [-0.2, 0) is 22.6 Å². The van der Waals surface area contributed by atoms with E-state index in [4.69, 9.17) is 4.74 Å². The molecule has 0 aliphatic rings. The monoisotopic (exact) mass is 448 g/mol. The number of halogens is 2. The highest BCUT2D eigenvalue weighted by molar-refractivity contribution is 5.91. The van der Waals surface area contributed by atoms with Gasteiger partial charge in [0.05, 0.1) is 36.0 Å². The summed E-state index contributed by atoms with van der Waals surface area (Å²) in [5.74, 6) is -1.13. The standard InChI is InChI=1S/C19H18F2N6O5/c1-11-17(27(30)31)16(18(20)21)24-26(11)10-15(28)23-13-7-22-25(9-13)8-12-5-3-4-6-14(12)19(29)32-2/h3-7,9,18H,8,10H2,1-2H3,(H,23,28). The molecule has 0 fully saturated rings. The van der Waals surface area contributed by atoms with Crippen LogP contribution in [0.1, 0.15) is 33.7 Å². The Morgan fingerprint density at radius 1 is 1.31 bits per heavy atom. The zero-order valence-corrected chi connectivity index (χ0v) is 17.0. The van der Waals surface area contributed by atoms with Crippen LogP contribution in [0.15, 0.2) is 36.7 Å². The normalized spacial score (nSPS) is 10.9. The third-order valence-corrected chi connectivity index (χ3v) is 4.56. The molecule has 0 aliphatic carbocycles. The number of hydrogen-bond acceptors (Lipinski definition) is 7. The molecule has 168 valence electrons. The number of alkyl halides is 2. The lowest BCUT2D eigenvalue weighted by Crippen LogP contribution is -2.20. The van der Waals surface area contributed by atoms with Crippen molar-refractivity contribution < 1.29 is 28.0 Å². The molecule has 0 saturated carbocycles. The highest BCUT2D eigenvalue weighted by atomic mass is 19.3. The van der Waals surface area contributed by atoms with Crippen LogP contribution in [0, 0.1) is 17.0 Å². The first-order valence-electron chi connectivity index (χ1n) is 9.19. The van der Waals surface area contributed by atoms with Crippen LogP contribution in [0.25, 0.3) is 0 Å². The molecule has 13 heteroatoms. The summed E-state index contributed by atoms with van der Waals surface area (Å²) < 4.78 is 33.1. The summed E-state index contributed by atoms with van der Waals surface area (Å²) in [7, 11) is 1.28. The number of anilines is 1. The second-order valence-electron chi connectivity index (χ2n) is 6.66. The zero-order valence-electron chi connectivity index (χ0n) is 17.0. The Kier molecular flexibility index (Phi) is 6.56. The van der Waals surface area contributed by atoms with Gasteiger partial charge in [-0.3, -0.25) is 24.3 Å². The number of nitro groups is 1. The summed E-state index contributed by atoms with van der Waals surface area (Å²) in [6.07, 6.45) is -0.277. The topological polar surface area (TPSA) is 134 Å². The van der Waals surface area contributed by atoms with E-state index in [1.807, 2.05) is 0 Å². The average Bonchev–Trinajstić information content (AvgIpc) is 3.31. The minimum atomic E-state index is -3.15. The second-order valence-corrected chi connectivity index (χ2v) is 6.66. The maximum Gasteiger partial charge on any atom is 0.338 e. The molecule has 0 bridgehead atoms. The average molecular weight is 448 g/mol. The molecule has 1 amide bonds. The molecule has 11 nitrogen and oxygen atoms in total. The van der Waals surface area contributed by atoms with Gasteiger partial charge in [-0.2, -0.15) is 10.2 Å². The second kappa shape index (κ2) is 9.32. The molecule has 1 aromatic carbocycles. The Morgan fingerprint density at radius 2 is 2.03 bits per heavy atom. The fourth-order valence-corrected chi connectivity index (χ4v) is 3.08. The molecular formula is C19H18F2N6O5. The molecule has 0 aliphatic heterocycles. The molecule has 2 aromatic heterocycles. The van der Waals surface area contributed by atoms with E-state index in [9.17, 15) is 28.5 Å². The Morgan fingerprint density at radius 3 is 2.66 bits per heavy atom. The first kappa shape index (κ1) is 22.5. The van der Waals surface area contributed by atoms with Gasteiger partial charge in [-0.05, 0) is 18.6 Å². The third-order valence-electron chi connectivity index (χ3n) is 4.56. The summed E-state index contributed by atoms with van der Waals surface area (Å²) in [6, 6.07) is 6.81. The minimum Gasteiger partial charge on any atom is -0.465 e. The SMILES string of the molecule is COC(=O)c1ccccc1Cn1cc(NC(=O)Cn2nc(C(F)F)c([N+](=O)[O-])c2C)cn1. The molecule has 2 heterocycles. The Balaban J connectivity index is 1.71. The van der Waals surface area contributed by atoms with E-state index in [0.29, 0.717) is 16.8 Å². The summed E-state index contributed by atoms with van der Waals surface area (Å²) in [5.41, 5.74) is -0.627. The smallest absolute Gasteiger partial charge is 0.338 e. The van der Waals surface area contributed by atoms with Gasteiger partial charge in [0.15, 0.2) is 0 Å². The first-order chi connectivity index (χ1) is 15.2. The van der Waals surface area contributed by atoms with Crippen LogP contribution in [0.5, 0.6) is 0 Å². The lowest BCUT2D eigenvalue weighted by molar-refractivity contribution is -0.386. The van der Waals surface area contributed by atoms with Gasteiger partial charge in [-0.25, -0.2) is 13.6 Å². The largest absolute Gasteiger partial charge is 0.465 e. The number of rotatable bonds is 8. The molecule has 0 atom stereocenters. The van der Waals surface area contributed by atoms with Crippen LogP contribution < -0.4 is 5.32 Å². The molecule has 0 radical (unpaired) electrons. The van der Waals surface area contributed by atoms with Crippen LogP contribution in [-0.4, -0.2) is 43.5 Å². The van der Waals surface area contributed by atoms with Crippen LogP contribution in [0.4, 0.5) is 20.2 Å². The van der Waals surface area contributed by atoms with Crippen molar-refractivity contribution in [1.82, 2.24) is 19.6 Å². The number of benzene rings is 1. The maximum atomic E-state index is 13.0. The Bertz CT molecular complexity index is 1170. The van der Waals surface area contributed by atoms with E-state index in [0.717, 1.165) is 4.68 Å². The number of nitrogens with zero attached hydrogens (tertiary/aromatic N) is 5. The Labute approximate surface area is 179 Å². The van der Waals surface area contributed by atoms with Crippen molar-refractivity contribution in [2.45, 2.75) is 26.4 Å². The summed E-state index contributed by atoms with van der Waals surface area (Å²) in [6.45, 7) is 0.959. The summed E-state index contributed by atoms with van der Waals surface area (Å²) in [5, 5.41) is 21.2. The van der Waals surface area contributed by atoms with E-state index in [1.165, 1.54) is 31.1 Å². The van der Waals surface area contributed by atoms with Gasteiger partial charge in [0, 0.05) is 6.20 Å². The van der Waals surface area contributed by atoms with E-state index in [2.05, 4.69) is 15.5 Å². The van der Waals surface area contributed by atoms with E-state index in [-0.39, 0.29) is 12.2 Å². The summed E-state index contributed by atoms with van der Waals surface area (Å²) in [4.78, 5) is 34.3. The molecule has 3 rings (SSSR count). The van der Waals surface area contributed by atoms with Gasteiger partial charge < -0.3 is 10.1 Å². The van der Waals surface area contributed by atoms with Crippen molar-refractivity contribution in [3.63, 3.8) is 0 Å². The van der Waals surface area contributed by atoms with Gasteiger partial charge in [0.1, 0.15) is 12.2 Å². The quantitative estimate of drug-likeness (QED) is 0.318. The number of aromatic nitrogens is 4. The van der Waals surface area contributed by atoms with Gasteiger partial charge in [0.2, 0.25) is 11.6 Å². The number of hydrogen-bond donors (Lipinski definition) is 1. The first-order valence-corrected chi connectivity index (χ1v) is 9.19. The highest BCUT2D eigenvalue weighted by Gasteiger charge is 2.31. The zero-order chi connectivity index (χ0) is 23.4. The summed E-state index contributed by atoms with van der Waals surface area (Å²) >= 11 is 0. The number of methoxy groups -OCH3 is 1. The number of carbonyl (C=O) groups is 2. The number of esters is 1. The molecular weight excluding hydrogens is 430 g/mol. The Hall–Kier alpha value is -4.16. The van der Waals surface area contributed by atoms with E-state index >= 15 is 0 Å².